The van der Waals surface area contributed by atoms with E-state index in [0.717, 1.165) is 18.4 Å². The number of allylic oxidation sites excluding steroid dienone is 1. The molecule has 0 radical (unpaired) electrons. The molecule has 2 saturated heterocycles. The zero-order chi connectivity index (χ0) is 26.8. The first-order chi connectivity index (χ1) is 17.6. The standard InChI is InChI=1S/C28H41N3O6/c1-17(2)6-11-22-27(4,37-22)24-23(34-5)21(12-14-28(24)16-35-28)36-26(33)30-15-13-19-7-9-20(10-8-19)31-25(32)18(3)29/h6-10,18,21-24H,11-16,29H2,1-5H3,(H,30,33)(H,31,32)/t18-,21+,22-,23+,24+,27+,28-/m0/s1. The van der Waals surface area contributed by atoms with Crippen LogP contribution in [0.1, 0.15) is 52.5 Å². The predicted molar refractivity (Wildman–Crippen MR) is 140 cm³/mol. The number of rotatable bonds is 10. The number of ether oxygens (including phenoxy) is 4. The average Bonchev–Trinajstić information content (AvgIpc) is 3.77. The largest absolute Gasteiger partial charge is 0.443 e. The summed E-state index contributed by atoms with van der Waals surface area (Å²) in [5, 5.41) is 5.61. The molecule has 3 fully saturated rings. The van der Waals surface area contributed by atoms with E-state index in [1.165, 1.54) is 5.57 Å². The van der Waals surface area contributed by atoms with Gasteiger partial charge in [0.1, 0.15) is 23.4 Å². The minimum Gasteiger partial charge on any atom is -0.443 e. The van der Waals surface area contributed by atoms with Crippen LogP contribution in [0.25, 0.3) is 0 Å². The molecule has 0 bridgehead atoms. The molecule has 1 saturated carbocycles. The number of amides is 2. The summed E-state index contributed by atoms with van der Waals surface area (Å²) in [5.74, 6) is -0.241. The van der Waals surface area contributed by atoms with Gasteiger partial charge < -0.3 is 35.3 Å². The highest BCUT2D eigenvalue weighted by atomic mass is 16.6. The number of carbonyl (C=O) groups is 2. The van der Waals surface area contributed by atoms with E-state index in [1.54, 1.807) is 14.0 Å². The van der Waals surface area contributed by atoms with Crippen LogP contribution in [0.15, 0.2) is 35.9 Å². The van der Waals surface area contributed by atoms with Gasteiger partial charge in [-0.05, 0) is 71.1 Å². The van der Waals surface area contributed by atoms with Crippen LogP contribution in [-0.4, -0.2) is 67.8 Å². The molecule has 2 aliphatic heterocycles. The molecule has 0 unspecified atom stereocenters. The van der Waals surface area contributed by atoms with Gasteiger partial charge in [-0.25, -0.2) is 4.79 Å². The van der Waals surface area contributed by atoms with Gasteiger partial charge >= 0.3 is 6.09 Å². The molecule has 9 nitrogen and oxygen atoms in total. The summed E-state index contributed by atoms with van der Waals surface area (Å²) in [6.07, 6.45) is 4.17. The third-order valence-electron chi connectivity index (χ3n) is 7.81. The van der Waals surface area contributed by atoms with Crippen LogP contribution >= 0.6 is 0 Å². The molecule has 7 atom stereocenters. The first kappa shape index (κ1) is 27.6. The van der Waals surface area contributed by atoms with Gasteiger partial charge in [0, 0.05) is 19.3 Å². The first-order valence-electron chi connectivity index (χ1n) is 13.2. The average molecular weight is 516 g/mol. The number of benzene rings is 1. The van der Waals surface area contributed by atoms with E-state index in [1.807, 2.05) is 24.3 Å². The topological polar surface area (TPSA) is 128 Å². The molecule has 4 N–H and O–H groups in total. The van der Waals surface area contributed by atoms with Crippen molar-refractivity contribution in [2.75, 3.05) is 25.6 Å². The van der Waals surface area contributed by atoms with Crippen LogP contribution < -0.4 is 16.4 Å². The van der Waals surface area contributed by atoms with Crippen LogP contribution in [0, 0.1) is 5.92 Å². The Morgan fingerprint density at radius 2 is 1.97 bits per heavy atom. The van der Waals surface area contributed by atoms with Crippen molar-refractivity contribution in [3.05, 3.63) is 41.5 Å². The Bertz CT molecular complexity index is 1000. The van der Waals surface area contributed by atoms with Crippen molar-refractivity contribution in [2.45, 2.75) is 88.9 Å². The van der Waals surface area contributed by atoms with E-state index in [4.69, 9.17) is 24.7 Å². The number of nitrogens with two attached hydrogens (primary N) is 1. The van der Waals surface area contributed by atoms with E-state index in [9.17, 15) is 9.59 Å². The number of epoxide rings is 2. The lowest BCUT2D eigenvalue weighted by Crippen LogP contribution is -2.56. The quantitative estimate of drug-likeness (QED) is 0.322. The van der Waals surface area contributed by atoms with Gasteiger partial charge in [-0.15, -0.1) is 0 Å². The third-order valence-corrected chi connectivity index (χ3v) is 7.81. The zero-order valence-corrected chi connectivity index (χ0v) is 22.5. The van der Waals surface area contributed by atoms with Crippen LogP contribution in [-0.2, 0) is 30.2 Å². The van der Waals surface area contributed by atoms with Gasteiger partial charge in [0.15, 0.2) is 0 Å². The number of nitrogens with one attached hydrogen (secondary N) is 2. The second kappa shape index (κ2) is 11.1. The fourth-order valence-electron chi connectivity index (χ4n) is 5.57. The number of alkyl carbamates (subject to hydrolysis) is 1. The maximum absolute atomic E-state index is 12.7. The molecule has 1 aromatic carbocycles. The highest BCUT2D eigenvalue weighted by Gasteiger charge is 2.72. The summed E-state index contributed by atoms with van der Waals surface area (Å²) in [6.45, 7) is 9.06. The molecule has 3 aliphatic rings. The Labute approximate surface area is 219 Å². The van der Waals surface area contributed by atoms with Crippen molar-refractivity contribution < 1.29 is 28.5 Å². The van der Waals surface area contributed by atoms with Crippen LogP contribution in [0.5, 0.6) is 0 Å². The molecule has 37 heavy (non-hydrogen) atoms. The SMILES string of the molecule is CO[C@@H]1[C@H](OC(=O)NCCc2ccc(NC(=O)[C@H](C)N)cc2)CC[C@]2(CO2)[C@H]1[C@]1(C)O[C@H]1CC=C(C)C. The fourth-order valence-corrected chi connectivity index (χ4v) is 5.57. The molecular weight excluding hydrogens is 474 g/mol. The maximum atomic E-state index is 12.7. The third kappa shape index (κ3) is 6.34. The van der Waals surface area contributed by atoms with E-state index in [-0.39, 0.29) is 41.3 Å². The summed E-state index contributed by atoms with van der Waals surface area (Å²) in [5.41, 5.74) is 7.95. The molecule has 4 rings (SSSR count). The maximum Gasteiger partial charge on any atom is 0.407 e. The van der Waals surface area contributed by atoms with Crippen molar-refractivity contribution in [1.29, 1.82) is 0 Å². The summed E-state index contributed by atoms with van der Waals surface area (Å²) in [4.78, 5) is 24.4. The van der Waals surface area contributed by atoms with Gasteiger partial charge in [-0.1, -0.05) is 23.8 Å². The molecule has 2 heterocycles. The van der Waals surface area contributed by atoms with Gasteiger partial charge in [-0.3, -0.25) is 4.79 Å². The van der Waals surface area contributed by atoms with Crippen LogP contribution in [0.4, 0.5) is 10.5 Å². The van der Waals surface area contributed by atoms with Gasteiger partial charge in [0.05, 0.1) is 24.7 Å². The van der Waals surface area contributed by atoms with Gasteiger partial charge in [-0.2, -0.15) is 0 Å². The summed E-state index contributed by atoms with van der Waals surface area (Å²) < 4.78 is 24.0. The number of hydrogen-bond donors (Lipinski definition) is 3. The lowest BCUT2D eigenvalue weighted by atomic mass is 9.68. The number of carbonyl (C=O) groups excluding carboxylic acids is 2. The minimum atomic E-state index is -0.571. The molecule has 2 amide bonds. The summed E-state index contributed by atoms with van der Waals surface area (Å²) >= 11 is 0. The van der Waals surface area contributed by atoms with Crippen molar-refractivity contribution in [1.82, 2.24) is 5.32 Å². The highest BCUT2D eigenvalue weighted by molar-refractivity contribution is 5.94. The number of methoxy groups -OCH3 is 1. The minimum absolute atomic E-state index is 0.00613. The highest BCUT2D eigenvalue weighted by Crippen LogP contribution is 2.59. The molecular formula is C28H41N3O6. The number of anilines is 1. The van der Waals surface area contributed by atoms with E-state index in [2.05, 4.69) is 37.5 Å². The van der Waals surface area contributed by atoms with E-state index < -0.39 is 12.1 Å². The normalized spacial score (nSPS) is 32.8. The van der Waals surface area contributed by atoms with Crippen molar-refractivity contribution >= 4 is 17.7 Å². The smallest absolute Gasteiger partial charge is 0.407 e. The molecule has 0 aromatic heterocycles. The van der Waals surface area contributed by atoms with Crippen molar-refractivity contribution in [3.63, 3.8) is 0 Å². The molecule has 1 spiro atoms. The monoisotopic (exact) mass is 515 g/mol. The van der Waals surface area contributed by atoms with E-state index in [0.29, 0.717) is 31.7 Å². The zero-order valence-electron chi connectivity index (χ0n) is 22.5. The molecule has 204 valence electrons. The van der Waals surface area contributed by atoms with Crippen molar-refractivity contribution in [3.8, 4) is 0 Å². The Hall–Kier alpha value is -2.46. The molecule has 9 heteroatoms. The molecule has 1 aromatic rings. The van der Waals surface area contributed by atoms with Crippen LogP contribution in [0.2, 0.25) is 0 Å². The Morgan fingerprint density at radius 3 is 2.57 bits per heavy atom. The predicted octanol–water partition coefficient (Wildman–Crippen LogP) is 3.32. The van der Waals surface area contributed by atoms with E-state index >= 15 is 0 Å². The molecule has 1 aliphatic carbocycles. The Kier molecular flexibility index (Phi) is 8.28. The lowest BCUT2D eigenvalue weighted by molar-refractivity contribution is -0.118. The lowest BCUT2D eigenvalue weighted by Gasteiger charge is -2.42. The second-order valence-electron chi connectivity index (χ2n) is 11.0. The first-order valence-corrected chi connectivity index (χ1v) is 13.2. The fraction of sp³-hybridized carbons (Fsp3) is 0.643. The van der Waals surface area contributed by atoms with Gasteiger partial charge in [0.25, 0.3) is 0 Å². The van der Waals surface area contributed by atoms with Crippen molar-refractivity contribution in [2.24, 2.45) is 11.7 Å². The second-order valence-corrected chi connectivity index (χ2v) is 11.0. The number of hydrogen-bond acceptors (Lipinski definition) is 7. The summed E-state index contributed by atoms with van der Waals surface area (Å²) in [7, 11) is 1.67. The van der Waals surface area contributed by atoms with Gasteiger partial charge in [0.2, 0.25) is 5.91 Å². The Balaban J connectivity index is 1.29. The van der Waals surface area contributed by atoms with Crippen LogP contribution in [0.3, 0.4) is 0 Å². The summed E-state index contributed by atoms with van der Waals surface area (Å²) in [6, 6.07) is 6.89. The Morgan fingerprint density at radius 1 is 1.27 bits per heavy atom.